The number of fused-ring (bicyclic) bond motifs is 5. The van der Waals surface area contributed by atoms with Gasteiger partial charge in [-0.05, 0) is 131 Å². The van der Waals surface area contributed by atoms with Gasteiger partial charge >= 0.3 is 5.97 Å². The van der Waals surface area contributed by atoms with Gasteiger partial charge in [0.25, 0.3) is 0 Å². The molecule has 8 heteroatoms. The predicted octanol–water partition coefficient (Wildman–Crippen LogP) is 11.6. The van der Waals surface area contributed by atoms with Gasteiger partial charge in [0.15, 0.2) is 0 Å². The van der Waals surface area contributed by atoms with Crippen molar-refractivity contribution in [2.24, 2.45) is 13.0 Å². The number of hydrogen-bond acceptors (Lipinski definition) is 7. The first-order valence-electron chi connectivity index (χ1n) is 22.1. The number of aromatic nitrogens is 2. The van der Waals surface area contributed by atoms with E-state index in [4.69, 9.17) is 18.9 Å². The third-order valence-corrected chi connectivity index (χ3v) is 13.0. The zero-order valence-corrected chi connectivity index (χ0v) is 36.4. The second-order valence-corrected chi connectivity index (χ2v) is 17.1. The quantitative estimate of drug-likeness (QED) is 0.0673. The van der Waals surface area contributed by atoms with Crippen molar-refractivity contribution < 1.29 is 23.7 Å². The fourth-order valence-electron chi connectivity index (χ4n) is 9.50. The van der Waals surface area contributed by atoms with E-state index in [1.165, 1.54) is 87.2 Å². The van der Waals surface area contributed by atoms with E-state index in [1.54, 1.807) is 30.9 Å². The van der Waals surface area contributed by atoms with Crippen LogP contribution in [-0.2, 0) is 21.3 Å². The number of nitrogens with zero attached hydrogens (tertiary/aromatic N) is 3. The van der Waals surface area contributed by atoms with Crippen molar-refractivity contribution >= 4 is 34.8 Å². The van der Waals surface area contributed by atoms with Gasteiger partial charge in [0.2, 0.25) is 5.88 Å². The van der Waals surface area contributed by atoms with Crippen LogP contribution in [0.3, 0.4) is 0 Å². The van der Waals surface area contributed by atoms with Gasteiger partial charge in [0.05, 0.1) is 32.0 Å². The average molecular weight is 800 g/mol. The Hall–Kier alpha value is -4.66. The second kappa shape index (κ2) is 19.2. The van der Waals surface area contributed by atoms with Crippen molar-refractivity contribution in [3.63, 3.8) is 0 Å². The van der Waals surface area contributed by atoms with Crippen LogP contribution in [0.2, 0.25) is 0 Å². The lowest BCUT2D eigenvalue weighted by Crippen LogP contribution is -2.46. The Morgan fingerprint density at radius 2 is 1.71 bits per heavy atom. The third-order valence-electron chi connectivity index (χ3n) is 13.0. The molecule has 2 aromatic heterocycles. The van der Waals surface area contributed by atoms with Crippen molar-refractivity contribution in [1.82, 2.24) is 14.5 Å². The molecule has 8 nitrogen and oxygen atoms in total. The summed E-state index contributed by atoms with van der Waals surface area (Å²) in [5, 5.41) is 1.41. The zero-order chi connectivity index (χ0) is 41.6. The van der Waals surface area contributed by atoms with Crippen LogP contribution in [0.4, 0.5) is 0 Å². The molecular formula is C51H65N3O5. The number of rotatable bonds is 15. The van der Waals surface area contributed by atoms with Crippen LogP contribution < -0.4 is 4.74 Å². The van der Waals surface area contributed by atoms with E-state index in [0.717, 1.165) is 47.7 Å². The molecule has 0 bridgehead atoms. The molecule has 314 valence electrons. The fourth-order valence-corrected chi connectivity index (χ4v) is 9.50. The van der Waals surface area contributed by atoms with Crippen LogP contribution in [0, 0.1) is 5.92 Å². The molecule has 0 aliphatic heterocycles. The van der Waals surface area contributed by atoms with Crippen LogP contribution >= 0.6 is 0 Å². The molecule has 2 aromatic carbocycles. The first kappa shape index (κ1) is 42.5. The summed E-state index contributed by atoms with van der Waals surface area (Å²) in [5.41, 5.74) is 8.70. The Bertz CT molecular complexity index is 2130. The molecule has 0 amide bonds. The summed E-state index contributed by atoms with van der Waals surface area (Å²) in [5.74, 6) is 2.46. The van der Waals surface area contributed by atoms with E-state index in [0.29, 0.717) is 35.1 Å². The SMILES string of the molecule is C=Cc1ccc(C(=O)OC)c(/C(=C/C)OC)c1.CCCCCN(C(C)C)C1CCC(OC2CC(Oc3ccc(-c4ccc5c6c(n(C)c5c4)C=CC4CC64)cn3)C2)CC1. The van der Waals surface area contributed by atoms with E-state index in [9.17, 15) is 4.79 Å². The van der Waals surface area contributed by atoms with Crippen LogP contribution in [0.1, 0.15) is 131 Å². The summed E-state index contributed by atoms with van der Waals surface area (Å²) in [6.45, 7) is 13.8. The molecular weight excluding hydrogens is 735 g/mol. The van der Waals surface area contributed by atoms with E-state index in [1.807, 2.05) is 31.3 Å². The highest BCUT2D eigenvalue weighted by Gasteiger charge is 2.42. The number of methoxy groups -OCH3 is 2. The first-order valence-corrected chi connectivity index (χ1v) is 22.1. The summed E-state index contributed by atoms with van der Waals surface area (Å²) in [4.78, 5) is 19.1. The maximum atomic E-state index is 11.6. The topological polar surface area (TPSA) is 75.1 Å². The maximum absolute atomic E-state index is 11.6. The molecule has 0 N–H and O–H groups in total. The average Bonchev–Trinajstić information content (AvgIpc) is 3.99. The molecule has 2 atom stereocenters. The third kappa shape index (κ3) is 9.55. The van der Waals surface area contributed by atoms with E-state index >= 15 is 0 Å². The molecule has 2 heterocycles. The number of hydrogen-bond donors (Lipinski definition) is 0. The van der Waals surface area contributed by atoms with Crippen molar-refractivity contribution in [3.05, 3.63) is 101 Å². The number of carbonyl (C=O) groups excluding carboxylic acids is 1. The Morgan fingerprint density at radius 1 is 0.932 bits per heavy atom. The van der Waals surface area contributed by atoms with E-state index in [2.05, 4.69) is 85.3 Å². The molecule has 2 unspecified atom stereocenters. The number of benzene rings is 2. The lowest BCUT2D eigenvalue weighted by molar-refractivity contribution is -0.111. The number of pyridine rings is 1. The molecule has 0 spiro atoms. The number of ether oxygens (including phenoxy) is 4. The van der Waals surface area contributed by atoms with Crippen molar-refractivity contribution in [2.45, 2.75) is 128 Å². The molecule has 3 fully saturated rings. The van der Waals surface area contributed by atoms with Gasteiger partial charge in [-0.15, -0.1) is 0 Å². The van der Waals surface area contributed by atoms with Gasteiger partial charge in [-0.25, -0.2) is 9.78 Å². The molecule has 0 saturated heterocycles. The lowest BCUT2D eigenvalue weighted by Gasteiger charge is -2.42. The summed E-state index contributed by atoms with van der Waals surface area (Å²) >= 11 is 0. The summed E-state index contributed by atoms with van der Waals surface area (Å²) < 4.78 is 25.1. The molecule has 4 aliphatic carbocycles. The zero-order valence-electron chi connectivity index (χ0n) is 36.4. The molecule has 59 heavy (non-hydrogen) atoms. The lowest BCUT2D eigenvalue weighted by atomic mass is 9.88. The fraction of sp³-hybridized carbons (Fsp3) is 0.490. The standard InChI is InChI=1S/C37H49N3O2.C14H16O3/c1-5-6-7-18-40(24(2)3)28-11-13-29(14-12-28)41-30-21-31(22-30)42-36-17-10-27(23-38-36)25-8-15-32-35(20-25)39(4)34-16-9-26-19-33(26)37(32)34;1-5-10-7-8-11(14(15)17-4)12(9-10)13(6-2)16-3/h8-10,15-17,20,23-24,26,28-31,33H,5-7,11-14,18-19,21-22H2,1-4H3;5-9H,1H2,2-4H3/b;13-6-. The number of esters is 1. The molecule has 8 rings (SSSR count). The Morgan fingerprint density at radius 3 is 2.37 bits per heavy atom. The highest BCUT2D eigenvalue weighted by atomic mass is 16.5. The van der Waals surface area contributed by atoms with Gasteiger partial charge in [-0.3, -0.25) is 4.90 Å². The Labute approximate surface area is 352 Å². The van der Waals surface area contributed by atoms with Crippen LogP contribution in [0.25, 0.3) is 39.9 Å². The van der Waals surface area contributed by atoms with Gasteiger partial charge in [-0.2, -0.15) is 0 Å². The first-order chi connectivity index (χ1) is 28.7. The van der Waals surface area contributed by atoms with Crippen LogP contribution in [0.15, 0.2) is 73.5 Å². The second-order valence-electron chi connectivity index (χ2n) is 17.1. The number of allylic oxidation sites excluding steroid dienone is 2. The monoisotopic (exact) mass is 799 g/mol. The molecule has 4 aliphatic rings. The minimum Gasteiger partial charge on any atom is -0.496 e. The minimum absolute atomic E-state index is 0.213. The van der Waals surface area contributed by atoms with Gasteiger partial charge < -0.3 is 23.5 Å². The van der Waals surface area contributed by atoms with E-state index < -0.39 is 0 Å². The van der Waals surface area contributed by atoms with Gasteiger partial charge in [-0.1, -0.05) is 56.7 Å². The highest BCUT2D eigenvalue weighted by Crippen LogP contribution is 2.55. The summed E-state index contributed by atoms with van der Waals surface area (Å²) in [7, 11) is 5.12. The summed E-state index contributed by atoms with van der Waals surface area (Å²) in [6, 6.07) is 17.8. The van der Waals surface area contributed by atoms with Crippen molar-refractivity contribution in [3.8, 4) is 17.0 Å². The smallest absolute Gasteiger partial charge is 0.338 e. The normalized spacial score (nSPS) is 23.2. The largest absolute Gasteiger partial charge is 0.496 e. The van der Waals surface area contributed by atoms with Crippen molar-refractivity contribution in [2.75, 3.05) is 20.8 Å². The predicted molar refractivity (Wildman–Crippen MR) is 240 cm³/mol. The van der Waals surface area contributed by atoms with Crippen LogP contribution in [0.5, 0.6) is 5.88 Å². The number of unbranched alkanes of at least 4 members (excludes halogenated alkanes) is 2. The summed E-state index contributed by atoms with van der Waals surface area (Å²) in [6.07, 6.45) is 23.3. The number of aryl methyl sites for hydroxylation is 1. The van der Waals surface area contributed by atoms with Crippen LogP contribution in [-0.4, -0.2) is 71.6 Å². The van der Waals surface area contributed by atoms with Gasteiger partial charge in [0, 0.05) is 72.0 Å². The molecule has 4 aromatic rings. The Kier molecular flexibility index (Phi) is 13.8. The van der Waals surface area contributed by atoms with Crippen molar-refractivity contribution in [1.29, 1.82) is 0 Å². The molecule has 3 saturated carbocycles. The Balaban J connectivity index is 0.000000262. The van der Waals surface area contributed by atoms with E-state index in [-0.39, 0.29) is 12.1 Å². The number of carbonyl (C=O) groups is 1. The maximum Gasteiger partial charge on any atom is 0.338 e. The minimum atomic E-state index is -0.382. The molecule has 0 radical (unpaired) electrons. The van der Waals surface area contributed by atoms with Gasteiger partial charge in [0.1, 0.15) is 11.9 Å². The highest BCUT2D eigenvalue weighted by molar-refractivity contribution is 5.95.